The highest BCUT2D eigenvalue weighted by atomic mass is 16.4. The van der Waals surface area contributed by atoms with E-state index in [1.54, 1.807) is 18.2 Å². The number of carbonyl (C=O) groups is 2. The first-order valence-corrected chi connectivity index (χ1v) is 4.09. The van der Waals surface area contributed by atoms with Crippen molar-refractivity contribution in [2.24, 2.45) is 0 Å². The van der Waals surface area contributed by atoms with Gasteiger partial charge >= 0.3 is 6.09 Å². The average molecular weight is 192 g/mol. The lowest BCUT2D eigenvalue weighted by atomic mass is 10.1. The summed E-state index contributed by atoms with van der Waals surface area (Å²) in [6, 6.07) is 6.93. The Balaban J connectivity index is 2.41. The van der Waals surface area contributed by atoms with E-state index < -0.39 is 12.0 Å². The molecule has 0 atom stereocenters. The summed E-state index contributed by atoms with van der Waals surface area (Å²) in [5.74, 6) is -0.528. The summed E-state index contributed by atoms with van der Waals surface area (Å²) >= 11 is 0. The SMILES string of the molecule is O=C(O)N1NCc2ccccc2C1=O. The van der Waals surface area contributed by atoms with Gasteiger partial charge in [0.05, 0.1) is 0 Å². The van der Waals surface area contributed by atoms with Gasteiger partial charge in [-0.15, -0.1) is 0 Å². The van der Waals surface area contributed by atoms with Crippen LogP contribution in [-0.4, -0.2) is 22.1 Å². The second kappa shape index (κ2) is 3.12. The summed E-state index contributed by atoms with van der Waals surface area (Å²) < 4.78 is 0. The molecule has 1 aromatic rings. The predicted octanol–water partition coefficient (Wildman–Crippen LogP) is 0.825. The summed E-state index contributed by atoms with van der Waals surface area (Å²) in [4.78, 5) is 22.2. The van der Waals surface area contributed by atoms with E-state index in [4.69, 9.17) is 5.11 Å². The number of fused-ring (bicyclic) bond motifs is 1. The van der Waals surface area contributed by atoms with Crippen LogP contribution in [0.15, 0.2) is 24.3 Å². The van der Waals surface area contributed by atoms with Crippen LogP contribution in [0.1, 0.15) is 15.9 Å². The zero-order valence-corrected chi connectivity index (χ0v) is 7.23. The summed E-state index contributed by atoms with van der Waals surface area (Å²) in [6.45, 7) is 0.355. The van der Waals surface area contributed by atoms with Crippen LogP contribution in [0.2, 0.25) is 0 Å². The number of carboxylic acid groups (broad SMARTS) is 1. The number of carbonyl (C=O) groups excluding carboxylic acids is 1. The topological polar surface area (TPSA) is 69.6 Å². The molecule has 1 aliphatic heterocycles. The highest BCUT2D eigenvalue weighted by Gasteiger charge is 2.28. The number of rotatable bonds is 0. The van der Waals surface area contributed by atoms with Crippen LogP contribution in [0.3, 0.4) is 0 Å². The maximum absolute atomic E-state index is 11.5. The van der Waals surface area contributed by atoms with Crippen molar-refractivity contribution >= 4 is 12.0 Å². The van der Waals surface area contributed by atoms with Crippen molar-refractivity contribution in [2.45, 2.75) is 6.54 Å². The number of amides is 2. The zero-order chi connectivity index (χ0) is 10.1. The van der Waals surface area contributed by atoms with Crippen LogP contribution in [0.25, 0.3) is 0 Å². The van der Waals surface area contributed by atoms with Crippen molar-refractivity contribution in [3.63, 3.8) is 0 Å². The molecule has 0 fully saturated rings. The molecule has 5 heteroatoms. The monoisotopic (exact) mass is 192 g/mol. The Kier molecular flexibility index (Phi) is 1.94. The van der Waals surface area contributed by atoms with Gasteiger partial charge < -0.3 is 5.11 Å². The lowest BCUT2D eigenvalue weighted by molar-refractivity contribution is 0.0615. The van der Waals surface area contributed by atoms with E-state index in [0.29, 0.717) is 17.1 Å². The molecule has 0 aromatic heterocycles. The van der Waals surface area contributed by atoms with Crippen LogP contribution < -0.4 is 5.43 Å². The molecule has 14 heavy (non-hydrogen) atoms. The van der Waals surface area contributed by atoms with Crippen molar-refractivity contribution in [3.8, 4) is 0 Å². The third-order valence-corrected chi connectivity index (χ3v) is 2.07. The molecule has 2 N–H and O–H groups in total. The van der Waals surface area contributed by atoms with Crippen LogP contribution in [-0.2, 0) is 6.54 Å². The molecule has 1 aliphatic rings. The van der Waals surface area contributed by atoms with E-state index in [9.17, 15) is 9.59 Å². The van der Waals surface area contributed by atoms with Gasteiger partial charge in [-0.2, -0.15) is 5.01 Å². The summed E-state index contributed by atoms with van der Waals surface area (Å²) in [5.41, 5.74) is 3.76. The summed E-state index contributed by atoms with van der Waals surface area (Å²) in [7, 11) is 0. The number of hydrazine groups is 1. The molecule has 5 nitrogen and oxygen atoms in total. The fraction of sp³-hybridized carbons (Fsp3) is 0.111. The molecule has 1 aromatic carbocycles. The smallest absolute Gasteiger partial charge is 0.429 e. The molecular weight excluding hydrogens is 184 g/mol. The third kappa shape index (κ3) is 1.23. The predicted molar refractivity (Wildman–Crippen MR) is 47.5 cm³/mol. The molecule has 0 saturated carbocycles. The van der Waals surface area contributed by atoms with Crippen LogP contribution >= 0.6 is 0 Å². The second-order valence-electron chi connectivity index (χ2n) is 2.92. The van der Waals surface area contributed by atoms with Gasteiger partial charge in [0, 0.05) is 12.1 Å². The fourth-order valence-electron chi connectivity index (χ4n) is 1.39. The van der Waals surface area contributed by atoms with Crippen molar-refractivity contribution in [1.29, 1.82) is 0 Å². The van der Waals surface area contributed by atoms with Crippen LogP contribution in [0.4, 0.5) is 4.79 Å². The molecule has 0 spiro atoms. The Hall–Kier alpha value is -1.88. The minimum absolute atomic E-state index is 0.355. The van der Waals surface area contributed by atoms with E-state index in [0.717, 1.165) is 5.56 Å². The minimum Gasteiger partial charge on any atom is -0.464 e. The van der Waals surface area contributed by atoms with E-state index in [1.807, 2.05) is 6.07 Å². The van der Waals surface area contributed by atoms with E-state index in [-0.39, 0.29) is 0 Å². The first-order valence-electron chi connectivity index (χ1n) is 4.09. The number of hydrogen-bond acceptors (Lipinski definition) is 3. The molecule has 0 unspecified atom stereocenters. The lowest BCUT2D eigenvalue weighted by Crippen LogP contribution is -2.49. The molecule has 0 saturated heterocycles. The van der Waals surface area contributed by atoms with Gasteiger partial charge in [0.1, 0.15) is 0 Å². The van der Waals surface area contributed by atoms with Gasteiger partial charge in [-0.3, -0.25) is 4.79 Å². The molecular formula is C9H8N2O3. The van der Waals surface area contributed by atoms with Gasteiger partial charge in [-0.1, -0.05) is 18.2 Å². The van der Waals surface area contributed by atoms with Gasteiger partial charge in [0.2, 0.25) is 0 Å². The summed E-state index contributed by atoms with van der Waals surface area (Å²) in [6.07, 6.45) is -1.29. The van der Waals surface area contributed by atoms with Crippen LogP contribution in [0, 0.1) is 0 Å². The normalized spacial score (nSPS) is 15.1. The largest absolute Gasteiger partial charge is 0.464 e. The Morgan fingerprint density at radius 3 is 2.86 bits per heavy atom. The van der Waals surface area contributed by atoms with Gasteiger partial charge in [0.15, 0.2) is 0 Å². The highest BCUT2D eigenvalue weighted by molar-refractivity contribution is 6.03. The van der Waals surface area contributed by atoms with Gasteiger partial charge in [-0.25, -0.2) is 10.2 Å². The number of benzene rings is 1. The quantitative estimate of drug-likeness (QED) is 0.638. The zero-order valence-electron chi connectivity index (χ0n) is 7.23. The molecule has 72 valence electrons. The first-order chi connectivity index (χ1) is 6.70. The number of imide groups is 1. The standard InChI is InChI=1S/C9H8N2O3/c12-8-7-4-2-1-3-6(7)5-10-11(8)9(13)14/h1-4,10H,5H2,(H,13,14). The maximum Gasteiger partial charge on any atom is 0.429 e. The van der Waals surface area contributed by atoms with E-state index in [2.05, 4.69) is 5.43 Å². The van der Waals surface area contributed by atoms with Crippen molar-refractivity contribution < 1.29 is 14.7 Å². The van der Waals surface area contributed by atoms with Gasteiger partial charge in [-0.05, 0) is 11.6 Å². The average Bonchev–Trinajstić information content (AvgIpc) is 2.18. The van der Waals surface area contributed by atoms with E-state index >= 15 is 0 Å². The minimum atomic E-state index is -1.29. The molecule has 0 radical (unpaired) electrons. The Bertz CT molecular complexity index is 403. The number of hydrogen-bond donors (Lipinski definition) is 2. The molecule has 2 rings (SSSR count). The molecule has 0 aliphatic carbocycles. The Labute approximate surface area is 79.9 Å². The maximum atomic E-state index is 11.5. The fourth-order valence-corrected chi connectivity index (χ4v) is 1.39. The lowest BCUT2D eigenvalue weighted by Gasteiger charge is -2.24. The number of nitrogens with zero attached hydrogens (tertiary/aromatic N) is 1. The van der Waals surface area contributed by atoms with Crippen molar-refractivity contribution in [1.82, 2.24) is 10.4 Å². The van der Waals surface area contributed by atoms with Crippen LogP contribution in [0.5, 0.6) is 0 Å². The van der Waals surface area contributed by atoms with Crippen molar-refractivity contribution in [2.75, 3.05) is 0 Å². The van der Waals surface area contributed by atoms with Gasteiger partial charge in [0.25, 0.3) is 5.91 Å². The van der Waals surface area contributed by atoms with Crippen molar-refractivity contribution in [3.05, 3.63) is 35.4 Å². The highest BCUT2D eigenvalue weighted by Crippen LogP contribution is 2.15. The second-order valence-corrected chi connectivity index (χ2v) is 2.92. The molecule has 1 heterocycles. The van der Waals surface area contributed by atoms with E-state index in [1.165, 1.54) is 0 Å². The number of nitrogens with one attached hydrogen (secondary N) is 1. The molecule has 0 bridgehead atoms. The first kappa shape index (κ1) is 8.71. The summed E-state index contributed by atoms with van der Waals surface area (Å²) in [5, 5.41) is 9.28. The Morgan fingerprint density at radius 1 is 1.43 bits per heavy atom. The third-order valence-electron chi connectivity index (χ3n) is 2.07. The molecule has 2 amide bonds. The Morgan fingerprint density at radius 2 is 2.14 bits per heavy atom.